The van der Waals surface area contributed by atoms with E-state index in [1.165, 1.54) is 23.0 Å². The molecule has 1 aromatic heterocycles. The number of nitrogens with one attached hydrogen (secondary N) is 1. The van der Waals surface area contributed by atoms with Crippen LogP contribution >= 0.6 is 23.1 Å². The standard InChI is InChI=1S/C16H14N4O2S2/c21-20(22)14-8-4-7-13(9-14)10-17-15-18-19-16(24-15)23-11-12-5-2-1-3-6-12/h1-9H,10-11H2,(H,17,18). The maximum atomic E-state index is 10.8. The van der Waals surface area contributed by atoms with E-state index >= 15 is 0 Å². The van der Waals surface area contributed by atoms with E-state index < -0.39 is 4.92 Å². The second-order valence-electron chi connectivity index (χ2n) is 4.93. The number of anilines is 1. The summed E-state index contributed by atoms with van der Waals surface area (Å²) in [5.41, 5.74) is 2.16. The quantitative estimate of drug-likeness (QED) is 0.384. The first-order valence-electron chi connectivity index (χ1n) is 7.18. The van der Waals surface area contributed by atoms with Gasteiger partial charge in [0.1, 0.15) is 0 Å². The van der Waals surface area contributed by atoms with Crippen molar-refractivity contribution in [2.45, 2.75) is 16.6 Å². The Kier molecular flexibility index (Phi) is 5.39. The topological polar surface area (TPSA) is 81.0 Å². The lowest BCUT2D eigenvalue weighted by atomic mass is 10.2. The van der Waals surface area contributed by atoms with Crippen molar-refractivity contribution in [2.24, 2.45) is 0 Å². The van der Waals surface area contributed by atoms with Crippen LogP contribution in [0, 0.1) is 10.1 Å². The molecule has 0 radical (unpaired) electrons. The molecule has 6 nitrogen and oxygen atoms in total. The van der Waals surface area contributed by atoms with Crippen LogP contribution < -0.4 is 5.32 Å². The number of hydrogen-bond acceptors (Lipinski definition) is 7. The van der Waals surface area contributed by atoms with Crippen LogP contribution in [0.1, 0.15) is 11.1 Å². The Morgan fingerprint density at radius 2 is 1.88 bits per heavy atom. The van der Waals surface area contributed by atoms with Crippen LogP contribution in [0.2, 0.25) is 0 Å². The number of non-ortho nitro benzene ring substituents is 1. The van der Waals surface area contributed by atoms with Gasteiger partial charge in [-0.05, 0) is 11.1 Å². The molecule has 0 saturated carbocycles. The molecular formula is C16H14N4O2S2. The normalized spacial score (nSPS) is 10.5. The average Bonchev–Trinajstić information content (AvgIpc) is 3.07. The number of hydrogen-bond donors (Lipinski definition) is 1. The van der Waals surface area contributed by atoms with E-state index in [4.69, 9.17) is 0 Å². The molecule has 3 rings (SSSR count). The summed E-state index contributed by atoms with van der Waals surface area (Å²) in [6.07, 6.45) is 0. The molecular weight excluding hydrogens is 344 g/mol. The molecule has 0 fully saturated rings. The van der Waals surface area contributed by atoms with Crippen molar-refractivity contribution in [3.63, 3.8) is 0 Å². The first-order valence-corrected chi connectivity index (χ1v) is 8.98. The van der Waals surface area contributed by atoms with Gasteiger partial charge in [0, 0.05) is 24.4 Å². The van der Waals surface area contributed by atoms with Crippen LogP contribution in [0.5, 0.6) is 0 Å². The van der Waals surface area contributed by atoms with Crippen molar-refractivity contribution in [2.75, 3.05) is 5.32 Å². The molecule has 24 heavy (non-hydrogen) atoms. The number of benzene rings is 2. The first kappa shape index (κ1) is 16.4. The number of nitro groups is 1. The van der Waals surface area contributed by atoms with Crippen molar-refractivity contribution < 1.29 is 4.92 Å². The highest BCUT2D eigenvalue weighted by Crippen LogP contribution is 2.28. The molecule has 0 unspecified atom stereocenters. The van der Waals surface area contributed by atoms with Crippen LogP contribution in [0.3, 0.4) is 0 Å². The molecule has 0 saturated heterocycles. The monoisotopic (exact) mass is 358 g/mol. The molecule has 3 aromatic rings. The third-order valence-corrected chi connectivity index (χ3v) is 5.26. The fourth-order valence-corrected chi connectivity index (χ4v) is 3.72. The van der Waals surface area contributed by atoms with Crippen molar-refractivity contribution in [3.05, 3.63) is 75.8 Å². The van der Waals surface area contributed by atoms with Crippen molar-refractivity contribution in [1.29, 1.82) is 0 Å². The molecule has 1 N–H and O–H groups in total. The van der Waals surface area contributed by atoms with Crippen molar-refractivity contribution in [1.82, 2.24) is 10.2 Å². The van der Waals surface area contributed by atoms with Crippen LogP contribution in [-0.2, 0) is 12.3 Å². The van der Waals surface area contributed by atoms with Gasteiger partial charge in [0.05, 0.1) is 4.92 Å². The largest absolute Gasteiger partial charge is 0.356 e. The Bertz CT molecular complexity index is 824. The maximum absolute atomic E-state index is 10.8. The fourth-order valence-electron chi connectivity index (χ4n) is 2.02. The summed E-state index contributed by atoms with van der Waals surface area (Å²) in [5.74, 6) is 0.848. The van der Waals surface area contributed by atoms with Gasteiger partial charge in [-0.15, -0.1) is 10.2 Å². The molecule has 0 spiro atoms. The van der Waals surface area contributed by atoms with E-state index in [1.807, 2.05) is 24.3 Å². The summed E-state index contributed by atoms with van der Waals surface area (Å²) < 4.78 is 0.889. The Hall–Kier alpha value is -2.45. The van der Waals surface area contributed by atoms with E-state index in [0.717, 1.165) is 15.7 Å². The predicted molar refractivity (Wildman–Crippen MR) is 96.3 cm³/mol. The van der Waals surface area contributed by atoms with Gasteiger partial charge < -0.3 is 5.32 Å². The summed E-state index contributed by atoms with van der Waals surface area (Å²) in [7, 11) is 0. The molecule has 0 bridgehead atoms. The molecule has 0 amide bonds. The number of thioether (sulfide) groups is 1. The third-order valence-electron chi connectivity index (χ3n) is 3.18. The maximum Gasteiger partial charge on any atom is 0.269 e. The zero-order valence-electron chi connectivity index (χ0n) is 12.6. The Morgan fingerprint density at radius 3 is 2.67 bits per heavy atom. The van der Waals surface area contributed by atoms with E-state index in [9.17, 15) is 10.1 Å². The average molecular weight is 358 g/mol. The zero-order valence-corrected chi connectivity index (χ0v) is 14.2. The highest BCUT2D eigenvalue weighted by Gasteiger charge is 2.08. The lowest BCUT2D eigenvalue weighted by Gasteiger charge is -2.02. The van der Waals surface area contributed by atoms with E-state index in [1.54, 1.807) is 23.9 Å². The van der Waals surface area contributed by atoms with Crippen molar-refractivity contribution >= 4 is 33.9 Å². The van der Waals surface area contributed by atoms with Gasteiger partial charge in [0.25, 0.3) is 5.69 Å². The summed E-state index contributed by atoms with van der Waals surface area (Å²) in [6.45, 7) is 0.472. The molecule has 122 valence electrons. The van der Waals surface area contributed by atoms with Gasteiger partial charge >= 0.3 is 0 Å². The van der Waals surface area contributed by atoms with E-state index in [2.05, 4.69) is 27.6 Å². The molecule has 1 heterocycles. The second kappa shape index (κ2) is 7.89. The van der Waals surface area contributed by atoms with Gasteiger partial charge in [-0.2, -0.15) is 0 Å². The predicted octanol–water partition coefficient (Wildman–Crippen LogP) is 4.35. The minimum atomic E-state index is -0.396. The van der Waals surface area contributed by atoms with Crippen LogP contribution in [0.25, 0.3) is 0 Å². The van der Waals surface area contributed by atoms with Crippen LogP contribution in [-0.4, -0.2) is 15.1 Å². The molecule has 8 heteroatoms. The number of nitro benzene ring substituents is 1. The second-order valence-corrected chi connectivity index (χ2v) is 7.13. The Balaban J connectivity index is 1.54. The third kappa shape index (κ3) is 4.53. The highest BCUT2D eigenvalue weighted by atomic mass is 32.2. The van der Waals surface area contributed by atoms with Gasteiger partial charge in [0.2, 0.25) is 5.13 Å². The van der Waals surface area contributed by atoms with Gasteiger partial charge in [-0.25, -0.2) is 0 Å². The highest BCUT2D eigenvalue weighted by molar-refractivity contribution is 8.00. The van der Waals surface area contributed by atoms with Gasteiger partial charge in [-0.1, -0.05) is 65.6 Å². The number of nitrogens with zero attached hydrogens (tertiary/aromatic N) is 3. The Morgan fingerprint density at radius 1 is 1.08 bits per heavy atom. The summed E-state index contributed by atoms with van der Waals surface area (Å²) >= 11 is 3.12. The first-order chi connectivity index (χ1) is 11.7. The molecule has 0 aliphatic heterocycles. The van der Waals surface area contributed by atoms with Gasteiger partial charge in [0.15, 0.2) is 4.34 Å². The number of rotatable bonds is 7. The SMILES string of the molecule is O=[N+]([O-])c1cccc(CNc2nnc(SCc3ccccc3)s2)c1. The summed E-state index contributed by atoms with van der Waals surface area (Å²) in [4.78, 5) is 10.4. The minimum absolute atomic E-state index is 0.0886. The van der Waals surface area contributed by atoms with Crippen LogP contribution in [0.4, 0.5) is 10.8 Å². The fraction of sp³-hybridized carbons (Fsp3) is 0.125. The lowest BCUT2D eigenvalue weighted by molar-refractivity contribution is -0.384. The van der Waals surface area contributed by atoms with Crippen molar-refractivity contribution in [3.8, 4) is 0 Å². The lowest BCUT2D eigenvalue weighted by Crippen LogP contribution is -1.99. The molecule has 0 aliphatic rings. The Labute approximate surface area is 147 Å². The van der Waals surface area contributed by atoms with Gasteiger partial charge in [-0.3, -0.25) is 10.1 Å². The van der Waals surface area contributed by atoms with Crippen LogP contribution in [0.15, 0.2) is 58.9 Å². The smallest absolute Gasteiger partial charge is 0.269 e. The zero-order chi connectivity index (χ0) is 16.8. The summed E-state index contributed by atoms with van der Waals surface area (Å²) in [5, 5.41) is 22.9. The minimum Gasteiger partial charge on any atom is -0.356 e. The number of aromatic nitrogens is 2. The summed E-state index contributed by atoms with van der Waals surface area (Å²) in [6, 6.07) is 16.7. The van der Waals surface area contributed by atoms with E-state index in [-0.39, 0.29) is 5.69 Å². The molecule has 0 aliphatic carbocycles. The van der Waals surface area contributed by atoms with E-state index in [0.29, 0.717) is 11.7 Å². The molecule has 2 aromatic carbocycles. The molecule has 0 atom stereocenters.